The summed E-state index contributed by atoms with van der Waals surface area (Å²) in [6.45, 7) is 10.9. The van der Waals surface area contributed by atoms with Crippen LogP contribution in [0.4, 0.5) is 0 Å². The Labute approximate surface area is 207 Å². The molecule has 1 spiro atoms. The molecule has 0 aromatic rings. The number of ether oxygens (including phenoxy) is 1. The number of piperidine rings is 1. The number of rotatable bonds is 2. The van der Waals surface area contributed by atoms with Gasteiger partial charge in [-0.05, 0) is 112 Å². The lowest BCUT2D eigenvalue weighted by Crippen LogP contribution is -2.50. The summed E-state index contributed by atoms with van der Waals surface area (Å²) in [4.78, 5) is 0. The van der Waals surface area contributed by atoms with Crippen LogP contribution >= 0.6 is 0 Å². The molecule has 2 saturated heterocycles. The van der Waals surface area contributed by atoms with Gasteiger partial charge in [-0.1, -0.05) is 26.3 Å². The molecule has 0 aromatic carbocycles. The summed E-state index contributed by atoms with van der Waals surface area (Å²) in [5.41, 5.74) is 3.66. The molecule has 2 heterocycles. The van der Waals surface area contributed by atoms with E-state index < -0.39 is 10.0 Å². The van der Waals surface area contributed by atoms with E-state index >= 15 is 0 Å². The fraction of sp³-hybridized carbons (Fsp3) is 0.929. The van der Waals surface area contributed by atoms with Gasteiger partial charge in [0.25, 0.3) is 0 Å². The standard InChI is InChI=1S/C28H46N2O3S/c1-16-12-25-26(29-15-16)18(3)28(33-25)11-9-21-22-7-6-19-13-20(30-34(5,31)32)8-10-27(19,4)24(22)14-23(21)17(28)2/h16,18-22,24-26,29-30H,6-15H2,1-5H3/t16-,18+,19+,20-,21-,22-,24-,25+,26-,27-,28-/m0/s1. The largest absolute Gasteiger partial charge is 0.365 e. The Morgan fingerprint density at radius 2 is 1.88 bits per heavy atom. The number of hydrogen-bond donors (Lipinski definition) is 2. The van der Waals surface area contributed by atoms with Gasteiger partial charge in [0.05, 0.1) is 18.0 Å². The first-order chi connectivity index (χ1) is 16.0. The van der Waals surface area contributed by atoms with Crippen molar-refractivity contribution >= 4 is 10.0 Å². The van der Waals surface area contributed by atoms with Crippen molar-refractivity contribution in [3.05, 3.63) is 11.1 Å². The number of allylic oxidation sites excluding steroid dienone is 1. The average molecular weight is 491 g/mol. The van der Waals surface area contributed by atoms with Crippen molar-refractivity contribution in [3.8, 4) is 0 Å². The summed E-state index contributed by atoms with van der Waals surface area (Å²) in [5.74, 6) is 4.22. The Morgan fingerprint density at radius 3 is 2.65 bits per heavy atom. The topological polar surface area (TPSA) is 67.4 Å². The molecule has 5 fully saturated rings. The number of sulfonamides is 1. The second kappa shape index (κ2) is 8.03. The SMILES string of the molecule is CC1=C2C[C@H]3[C@@H](CC[C@@H]4C[C@@H](NS(C)(=O)=O)CC[C@@]43C)[C@@H]2CC[C@]12O[C@@H]1C[C@H](C)CN[C@H]1[C@H]2C. The lowest BCUT2D eigenvalue weighted by atomic mass is 9.52. The molecule has 6 rings (SSSR count). The number of nitrogens with one attached hydrogen (secondary N) is 2. The molecule has 6 aliphatic rings. The van der Waals surface area contributed by atoms with Crippen molar-refractivity contribution in [2.24, 2.45) is 40.9 Å². The highest BCUT2D eigenvalue weighted by atomic mass is 32.2. The molecule has 5 nitrogen and oxygen atoms in total. The zero-order chi connectivity index (χ0) is 24.0. The van der Waals surface area contributed by atoms with Crippen molar-refractivity contribution in [1.82, 2.24) is 10.0 Å². The van der Waals surface area contributed by atoms with E-state index in [9.17, 15) is 8.42 Å². The van der Waals surface area contributed by atoms with Crippen molar-refractivity contribution in [3.63, 3.8) is 0 Å². The smallest absolute Gasteiger partial charge is 0.208 e. The Morgan fingerprint density at radius 1 is 1.09 bits per heavy atom. The van der Waals surface area contributed by atoms with E-state index in [1.807, 2.05) is 0 Å². The van der Waals surface area contributed by atoms with Crippen molar-refractivity contribution in [2.75, 3.05) is 12.8 Å². The van der Waals surface area contributed by atoms with Gasteiger partial charge in [-0.15, -0.1) is 0 Å². The summed E-state index contributed by atoms with van der Waals surface area (Å²) < 4.78 is 33.7. The highest BCUT2D eigenvalue weighted by Gasteiger charge is 2.61. The van der Waals surface area contributed by atoms with E-state index in [4.69, 9.17) is 4.74 Å². The van der Waals surface area contributed by atoms with Crippen LogP contribution in [0.2, 0.25) is 0 Å². The third-order valence-electron chi connectivity index (χ3n) is 11.8. The predicted molar refractivity (Wildman–Crippen MR) is 136 cm³/mol. The summed E-state index contributed by atoms with van der Waals surface area (Å²) in [5, 5.41) is 3.85. The number of fused-ring (bicyclic) bond motifs is 6. The van der Waals surface area contributed by atoms with E-state index in [0.29, 0.717) is 35.3 Å². The van der Waals surface area contributed by atoms with Crippen molar-refractivity contribution in [1.29, 1.82) is 0 Å². The average Bonchev–Trinajstić information content (AvgIpc) is 3.27. The molecule has 192 valence electrons. The number of hydrogen-bond acceptors (Lipinski definition) is 4. The lowest BCUT2D eigenvalue weighted by Gasteiger charge is -2.54. The second-order valence-electron chi connectivity index (χ2n) is 13.5. The predicted octanol–water partition coefficient (Wildman–Crippen LogP) is 4.64. The fourth-order valence-corrected chi connectivity index (χ4v) is 10.9. The summed E-state index contributed by atoms with van der Waals surface area (Å²) in [7, 11) is -3.13. The third kappa shape index (κ3) is 3.52. The molecule has 0 bridgehead atoms. The summed E-state index contributed by atoms with van der Waals surface area (Å²) in [6, 6.07) is 0.634. The van der Waals surface area contributed by atoms with Gasteiger partial charge in [-0.2, -0.15) is 0 Å². The second-order valence-corrected chi connectivity index (χ2v) is 15.3. The van der Waals surface area contributed by atoms with Gasteiger partial charge in [0.2, 0.25) is 10.0 Å². The normalized spacial score (nSPS) is 52.8. The van der Waals surface area contributed by atoms with Crippen LogP contribution in [0.3, 0.4) is 0 Å². The first-order valence-electron chi connectivity index (χ1n) is 14.1. The Bertz CT molecular complexity index is 978. The minimum absolute atomic E-state index is 0.0525. The van der Waals surface area contributed by atoms with E-state index in [1.54, 1.807) is 11.1 Å². The monoisotopic (exact) mass is 490 g/mol. The van der Waals surface area contributed by atoms with Crippen LogP contribution in [0.25, 0.3) is 0 Å². The van der Waals surface area contributed by atoms with Crippen LogP contribution in [0, 0.1) is 40.9 Å². The molecule has 6 heteroatoms. The van der Waals surface area contributed by atoms with Crippen molar-refractivity contribution < 1.29 is 13.2 Å². The lowest BCUT2D eigenvalue weighted by molar-refractivity contribution is -0.0596. The highest BCUT2D eigenvalue weighted by Crippen LogP contribution is 2.66. The molecule has 2 aliphatic heterocycles. The Kier molecular flexibility index (Phi) is 5.66. The molecule has 0 amide bonds. The van der Waals surface area contributed by atoms with Crippen LogP contribution in [0.1, 0.15) is 85.5 Å². The summed E-state index contributed by atoms with van der Waals surface area (Å²) >= 11 is 0. The highest BCUT2D eigenvalue weighted by molar-refractivity contribution is 7.88. The van der Waals surface area contributed by atoms with Crippen LogP contribution in [-0.2, 0) is 14.8 Å². The van der Waals surface area contributed by atoms with Gasteiger partial charge < -0.3 is 10.1 Å². The molecule has 0 aromatic heterocycles. The zero-order valence-electron chi connectivity index (χ0n) is 21.9. The van der Waals surface area contributed by atoms with Gasteiger partial charge in [-0.25, -0.2) is 13.1 Å². The summed E-state index contributed by atoms with van der Waals surface area (Å²) in [6.07, 6.45) is 12.4. The quantitative estimate of drug-likeness (QED) is 0.554. The van der Waals surface area contributed by atoms with Crippen LogP contribution < -0.4 is 10.0 Å². The maximum atomic E-state index is 11.9. The minimum atomic E-state index is -3.13. The van der Waals surface area contributed by atoms with Gasteiger partial charge in [-0.3, -0.25) is 0 Å². The van der Waals surface area contributed by atoms with Crippen LogP contribution in [-0.4, -0.2) is 45.0 Å². The van der Waals surface area contributed by atoms with E-state index in [1.165, 1.54) is 44.8 Å². The molecule has 4 aliphatic carbocycles. The van der Waals surface area contributed by atoms with E-state index in [2.05, 4.69) is 37.7 Å². The first kappa shape index (κ1) is 23.9. The van der Waals surface area contributed by atoms with Gasteiger partial charge in [0.15, 0.2) is 0 Å². The van der Waals surface area contributed by atoms with Gasteiger partial charge in [0, 0.05) is 18.0 Å². The van der Waals surface area contributed by atoms with Gasteiger partial charge in [0.1, 0.15) is 0 Å². The Balaban J connectivity index is 1.26. The van der Waals surface area contributed by atoms with Crippen molar-refractivity contribution in [2.45, 2.75) is 109 Å². The molecule has 2 N–H and O–H groups in total. The van der Waals surface area contributed by atoms with E-state index in [-0.39, 0.29) is 11.6 Å². The maximum Gasteiger partial charge on any atom is 0.208 e. The molecule has 34 heavy (non-hydrogen) atoms. The van der Waals surface area contributed by atoms with Gasteiger partial charge >= 0.3 is 0 Å². The molecular formula is C28H46N2O3S. The molecule has 11 atom stereocenters. The molecule has 3 saturated carbocycles. The zero-order valence-corrected chi connectivity index (χ0v) is 22.7. The third-order valence-corrected chi connectivity index (χ3v) is 12.6. The van der Waals surface area contributed by atoms with Crippen LogP contribution in [0.5, 0.6) is 0 Å². The molecule has 0 unspecified atom stereocenters. The maximum absolute atomic E-state index is 11.9. The van der Waals surface area contributed by atoms with Crippen LogP contribution in [0.15, 0.2) is 11.1 Å². The Hall–Kier alpha value is -0.430. The van der Waals surface area contributed by atoms with E-state index in [0.717, 1.165) is 43.6 Å². The molecule has 0 radical (unpaired) electrons. The molecular weight excluding hydrogens is 444 g/mol. The fourth-order valence-electron chi connectivity index (χ4n) is 10.1. The first-order valence-corrected chi connectivity index (χ1v) is 16.0. The minimum Gasteiger partial charge on any atom is -0.365 e.